The van der Waals surface area contributed by atoms with Gasteiger partial charge >= 0.3 is 18.3 Å². The van der Waals surface area contributed by atoms with Crippen LogP contribution in [0.4, 0.5) is 26.3 Å². The topological polar surface area (TPSA) is 40.5 Å². The first-order chi connectivity index (χ1) is 15.4. The normalized spacial score (nSPS) is 20.3. The van der Waals surface area contributed by atoms with Gasteiger partial charge in [0.15, 0.2) is 0 Å². The van der Waals surface area contributed by atoms with Crippen LogP contribution in [0.15, 0.2) is 54.6 Å². The highest BCUT2D eigenvalue weighted by Crippen LogP contribution is 2.31. The lowest BCUT2D eigenvalue weighted by molar-refractivity contribution is -0.139. The maximum absolute atomic E-state index is 12.8. The highest BCUT2D eigenvalue weighted by Gasteiger charge is 2.31. The summed E-state index contributed by atoms with van der Waals surface area (Å²) < 4.78 is 76.5. The Morgan fingerprint density at radius 3 is 1.97 bits per heavy atom. The van der Waals surface area contributed by atoms with Gasteiger partial charge in [-0.15, -0.1) is 0 Å². The molecular formula is C24H23F6NO2. The van der Waals surface area contributed by atoms with Gasteiger partial charge in [-0.25, -0.2) is 0 Å². The van der Waals surface area contributed by atoms with Gasteiger partial charge in [0.1, 0.15) is 0 Å². The smallest absolute Gasteiger partial charge is 0.416 e. The molecule has 0 aliphatic carbocycles. The molecule has 0 unspecified atom stereocenters. The number of carboxylic acid groups (broad SMARTS) is 1. The number of aliphatic carboxylic acids is 1. The SMILES string of the molecule is O=C(O)C[C@@H]1C[C@@H](/C=C/c2ccc(C(F)(F)F)cc2)CN(Cc2ccc(C(F)(F)F)cc2)C1. The van der Waals surface area contributed by atoms with Gasteiger partial charge in [0.05, 0.1) is 11.1 Å². The molecule has 0 aromatic heterocycles. The van der Waals surface area contributed by atoms with Crippen molar-refractivity contribution in [1.82, 2.24) is 4.90 Å². The van der Waals surface area contributed by atoms with E-state index in [0.717, 1.165) is 24.3 Å². The highest BCUT2D eigenvalue weighted by molar-refractivity contribution is 5.67. The van der Waals surface area contributed by atoms with Gasteiger partial charge in [0, 0.05) is 26.1 Å². The van der Waals surface area contributed by atoms with E-state index >= 15 is 0 Å². The molecule has 2 aromatic rings. The summed E-state index contributed by atoms with van der Waals surface area (Å²) in [5, 5.41) is 9.20. The Bertz CT molecular complexity index is 964. The molecule has 0 saturated carbocycles. The van der Waals surface area contributed by atoms with Crippen LogP contribution >= 0.6 is 0 Å². The zero-order valence-corrected chi connectivity index (χ0v) is 17.5. The molecule has 3 rings (SSSR count). The number of carboxylic acids is 1. The molecular weight excluding hydrogens is 448 g/mol. The fourth-order valence-corrected chi connectivity index (χ4v) is 4.10. The molecule has 2 aromatic carbocycles. The van der Waals surface area contributed by atoms with Crippen LogP contribution in [0.1, 0.15) is 35.1 Å². The standard InChI is InChI=1S/C24H23F6NO2/c25-23(26,27)20-7-3-16(4-8-20)1-2-18-11-19(12-22(32)33)15-31(14-18)13-17-5-9-21(10-6-17)24(28,29)30/h1-10,18-19H,11-15H2,(H,32,33)/b2-1+/t18-,19+/m1/s1. The average molecular weight is 471 g/mol. The molecule has 178 valence electrons. The Morgan fingerprint density at radius 1 is 0.909 bits per heavy atom. The summed E-state index contributed by atoms with van der Waals surface area (Å²) in [5.41, 5.74) is -0.186. The van der Waals surface area contributed by atoms with Gasteiger partial charge < -0.3 is 5.11 Å². The maximum atomic E-state index is 12.8. The Kier molecular flexibility index (Phi) is 7.51. The number of hydrogen-bond donors (Lipinski definition) is 1. The van der Waals surface area contributed by atoms with Crippen LogP contribution in [0.25, 0.3) is 6.08 Å². The first-order valence-corrected chi connectivity index (χ1v) is 10.4. The van der Waals surface area contributed by atoms with Gasteiger partial charge in [-0.3, -0.25) is 9.69 Å². The first kappa shape index (κ1) is 24.8. The van der Waals surface area contributed by atoms with Crippen molar-refractivity contribution in [2.24, 2.45) is 11.8 Å². The van der Waals surface area contributed by atoms with Gasteiger partial charge in [-0.1, -0.05) is 36.4 Å². The second-order valence-corrected chi connectivity index (χ2v) is 8.33. The van der Waals surface area contributed by atoms with Crippen LogP contribution in [0.3, 0.4) is 0 Å². The molecule has 2 atom stereocenters. The van der Waals surface area contributed by atoms with Crippen molar-refractivity contribution >= 4 is 12.0 Å². The van der Waals surface area contributed by atoms with Crippen molar-refractivity contribution in [3.63, 3.8) is 0 Å². The third-order valence-electron chi connectivity index (χ3n) is 5.59. The number of carbonyl (C=O) groups is 1. The summed E-state index contributed by atoms with van der Waals surface area (Å²) in [7, 11) is 0. The van der Waals surface area contributed by atoms with Gasteiger partial charge in [0.2, 0.25) is 0 Å². The molecule has 33 heavy (non-hydrogen) atoms. The molecule has 1 fully saturated rings. The molecule has 3 nitrogen and oxygen atoms in total. The van der Waals surface area contributed by atoms with Crippen molar-refractivity contribution in [2.45, 2.75) is 31.7 Å². The van der Waals surface area contributed by atoms with Crippen LogP contribution < -0.4 is 0 Å². The van der Waals surface area contributed by atoms with Gasteiger partial charge in [-0.2, -0.15) is 26.3 Å². The number of rotatable bonds is 6. The third kappa shape index (κ3) is 7.35. The minimum absolute atomic E-state index is 0.0336. The third-order valence-corrected chi connectivity index (χ3v) is 5.59. The van der Waals surface area contributed by atoms with E-state index in [4.69, 9.17) is 0 Å². The summed E-state index contributed by atoms with van der Waals surface area (Å²) in [6, 6.07) is 9.63. The molecule has 1 heterocycles. The lowest BCUT2D eigenvalue weighted by atomic mass is 9.86. The molecule has 1 aliphatic heterocycles. The molecule has 0 radical (unpaired) electrons. The van der Waals surface area contributed by atoms with Crippen LogP contribution in [0, 0.1) is 11.8 Å². The lowest BCUT2D eigenvalue weighted by Crippen LogP contribution is -2.40. The van der Waals surface area contributed by atoms with Gasteiger partial charge in [-0.05, 0) is 53.6 Å². The van der Waals surface area contributed by atoms with Crippen molar-refractivity contribution < 1.29 is 36.2 Å². The van der Waals surface area contributed by atoms with E-state index in [9.17, 15) is 36.2 Å². The zero-order valence-electron chi connectivity index (χ0n) is 17.5. The fraction of sp³-hybridized carbons (Fsp3) is 0.375. The molecule has 0 bridgehead atoms. The number of benzene rings is 2. The predicted octanol–water partition coefficient (Wildman–Crippen LogP) is 6.35. The number of piperidine rings is 1. The summed E-state index contributed by atoms with van der Waals surface area (Å²) in [6.45, 7) is 1.44. The quantitative estimate of drug-likeness (QED) is 0.499. The van der Waals surface area contributed by atoms with E-state index < -0.39 is 29.4 Å². The lowest BCUT2D eigenvalue weighted by Gasteiger charge is -2.36. The monoisotopic (exact) mass is 471 g/mol. The average Bonchev–Trinajstić information content (AvgIpc) is 2.71. The van der Waals surface area contributed by atoms with Crippen LogP contribution in [-0.4, -0.2) is 29.1 Å². The van der Waals surface area contributed by atoms with E-state index in [1.807, 2.05) is 11.0 Å². The van der Waals surface area contributed by atoms with Crippen molar-refractivity contribution in [1.29, 1.82) is 0 Å². The van der Waals surface area contributed by atoms with E-state index in [-0.39, 0.29) is 18.3 Å². The maximum Gasteiger partial charge on any atom is 0.416 e. The number of nitrogens with zero attached hydrogens (tertiary/aromatic N) is 1. The summed E-state index contributed by atoms with van der Waals surface area (Å²) in [6.07, 6.45) is -4.68. The van der Waals surface area contributed by atoms with Gasteiger partial charge in [0.25, 0.3) is 0 Å². The Hall–Kier alpha value is -2.81. The van der Waals surface area contributed by atoms with Crippen molar-refractivity contribution in [3.05, 3.63) is 76.9 Å². The molecule has 0 amide bonds. The van der Waals surface area contributed by atoms with E-state index in [1.54, 1.807) is 6.08 Å². The molecule has 9 heteroatoms. The van der Waals surface area contributed by atoms with Crippen LogP contribution in [0.2, 0.25) is 0 Å². The molecule has 1 aliphatic rings. The van der Waals surface area contributed by atoms with E-state index in [1.165, 1.54) is 24.3 Å². The number of alkyl halides is 6. The van der Waals surface area contributed by atoms with Crippen LogP contribution in [-0.2, 0) is 23.7 Å². The first-order valence-electron chi connectivity index (χ1n) is 10.4. The fourth-order valence-electron chi connectivity index (χ4n) is 4.10. The van der Waals surface area contributed by atoms with Crippen molar-refractivity contribution in [2.75, 3.05) is 13.1 Å². The van der Waals surface area contributed by atoms with E-state index in [2.05, 4.69) is 0 Å². The van der Waals surface area contributed by atoms with E-state index in [0.29, 0.717) is 37.2 Å². The predicted molar refractivity (Wildman–Crippen MR) is 111 cm³/mol. The molecule has 0 spiro atoms. The highest BCUT2D eigenvalue weighted by atomic mass is 19.4. The van der Waals surface area contributed by atoms with Crippen LogP contribution in [0.5, 0.6) is 0 Å². The Morgan fingerprint density at radius 2 is 1.45 bits per heavy atom. The number of hydrogen-bond acceptors (Lipinski definition) is 2. The molecule has 1 N–H and O–H groups in total. The van der Waals surface area contributed by atoms with Crippen molar-refractivity contribution in [3.8, 4) is 0 Å². The number of likely N-dealkylation sites (tertiary alicyclic amines) is 1. The largest absolute Gasteiger partial charge is 0.481 e. The Labute approximate surface area is 187 Å². The second kappa shape index (κ2) is 9.99. The summed E-state index contributed by atoms with van der Waals surface area (Å²) in [4.78, 5) is 13.2. The second-order valence-electron chi connectivity index (χ2n) is 8.33. The Balaban J connectivity index is 1.70. The molecule has 1 saturated heterocycles. The summed E-state index contributed by atoms with van der Waals surface area (Å²) >= 11 is 0. The zero-order chi connectivity index (χ0) is 24.2. The number of halogens is 6. The minimum atomic E-state index is -4.41. The minimum Gasteiger partial charge on any atom is -0.481 e. The summed E-state index contributed by atoms with van der Waals surface area (Å²) in [5.74, 6) is -1.12.